The van der Waals surface area contributed by atoms with Gasteiger partial charge in [0.15, 0.2) is 5.84 Å². The molecule has 0 unspecified atom stereocenters. The van der Waals surface area contributed by atoms with E-state index in [9.17, 15) is 0 Å². The summed E-state index contributed by atoms with van der Waals surface area (Å²) < 4.78 is 0. The lowest BCUT2D eigenvalue weighted by atomic mass is 10.6. The van der Waals surface area contributed by atoms with Gasteiger partial charge >= 0.3 is 0 Å². The predicted molar refractivity (Wildman–Crippen MR) is 32.8 cm³/mol. The van der Waals surface area contributed by atoms with E-state index in [1.54, 1.807) is 18.0 Å². The van der Waals surface area contributed by atoms with Crippen molar-refractivity contribution in [3.8, 4) is 0 Å². The van der Waals surface area contributed by atoms with E-state index in [-0.39, 0.29) is 0 Å². The topological polar surface area (TPSA) is 37.1 Å². The molecule has 2 heterocycles. The van der Waals surface area contributed by atoms with Gasteiger partial charge in [-0.15, -0.1) is 5.11 Å². The third-order valence-electron chi connectivity index (χ3n) is 0.982. The lowest BCUT2D eigenvalue weighted by Gasteiger charge is -1.79. The van der Waals surface area contributed by atoms with Crippen LogP contribution in [0.4, 0.5) is 0 Å². The fraction of sp³-hybridized carbons (Fsp3) is 0.250. The third-order valence-corrected chi connectivity index (χ3v) is 1.84. The summed E-state index contributed by atoms with van der Waals surface area (Å²) >= 11 is 1.68. The maximum absolute atomic E-state index is 4.05. The Kier molecular flexibility index (Phi) is 0.754. The van der Waals surface area contributed by atoms with E-state index in [1.807, 2.05) is 0 Å². The van der Waals surface area contributed by atoms with Crippen LogP contribution in [0.3, 0.4) is 0 Å². The molecule has 0 aliphatic carbocycles. The van der Waals surface area contributed by atoms with Crippen LogP contribution in [0.15, 0.2) is 26.3 Å². The van der Waals surface area contributed by atoms with Gasteiger partial charge in [0.05, 0.1) is 17.0 Å². The van der Waals surface area contributed by atoms with E-state index in [0.29, 0.717) is 0 Å². The first-order chi connectivity index (χ1) is 3.97. The number of nitrogens with zero attached hydrogens (tertiary/aromatic N) is 3. The zero-order valence-electron chi connectivity index (χ0n) is 4.03. The highest BCUT2D eigenvalue weighted by molar-refractivity contribution is 8.04. The van der Waals surface area contributed by atoms with Crippen molar-refractivity contribution in [3.63, 3.8) is 0 Å². The largest absolute Gasteiger partial charge is 0.253 e. The Morgan fingerprint density at radius 3 is 3.50 bits per heavy atom. The molecule has 2 rings (SSSR count). The molecular formula is C4H3N3S. The summed E-state index contributed by atoms with van der Waals surface area (Å²) in [7, 11) is 0. The van der Waals surface area contributed by atoms with Crippen LogP contribution in [-0.4, -0.2) is 11.7 Å². The van der Waals surface area contributed by atoms with Crippen LogP contribution in [0, 0.1) is 0 Å². The predicted octanol–water partition coefficient (Wildman–Crippen LogP) is 1.40. The van der Waals surface area contributed by atoms with Gasteiger partial charge in [0.1, 0.15) is 0 Å². The average molecular weight is 125 g/mol. The Bertz CT molecular complexity index is 203. The molecule has 0 saturated carbocycles. The summed E-state index contributed by atoms with van der Waals surface area (Å²) in [6.45, 7) is 0. The van der Waals surface area contributed by atoms with Gasteiger partial charge in [0.2, 0.25) is 0 Å². The molecule has 0 aromatic heterocycles. The number of hydrogen-bond acceptors (Lipinski definition) is 4. The molecule has 0 aromatic carbocycles. The minimum Gasteiger partial charge on any atom is -0.253 e. The zero-order chi connectivity index (χ0) is 5.40. The van der Waals surface area contributed by atoms with Crippen molar-refractivity contribution >= 4 is 17.6 Å². The molecule has 0 atom stereocenters. The second-order valence-electron chi connectivity index (χ2n) is 1.46. The van der Waals surface area contributed by atoms with Gasteiger partial charge in [-0.3, -0.25) is 4.99 Å². The highest BCUT2D eigenvalue weighted by Gasteiger charge is 2.16. The highest BCUT2D eigenvalue weighted by atomic mass is 32.2. The van der Waals surface area contributed by atoms with E-state index in [4.69, 9.17) is 0 Å². The fourth-order valence-corrected chi connectivity index (χ4v) is 1.30. The Morgan fingerprint density at radius 2 is 2.62 bits per heavy atom. The third kappa shape index (κ3) is 0.432. The van der Waals surface area contributed by atoms with Crippen molar-refractivity contribution in [1.82, 2.24) is 0 Å². The fourth-order valence-electron chi connectivity index (χ4n) is 0.617. The molecule has 0 radical (unpaired) electrons. The lowest BCUT2D eigenvalue weighted by molar-refractivity contribution is 1.29. The van der Waals surface area contributed by atoms with Crippen LogP contribution < -0.4 is 0 Å². The first-order valence-corrected chi connectivity index (χ1v) is 3.24. The molecule has 2 aliphatic heterocycles. The molecule has 0 aromatic rings. The number of fused-ring (bicyclic) bond motifs is 1. The molecule has 40 valence electrons. The van der Waals surface area contributed by atoms with Crippen molar-refractivity contribution in [3.05, 3.63) is 11.1 Å². The van der Waals surface area contributed by atoms with E-state index in [2.05, 4.69) is 15.2 Å². The van der Waals surface area contributed by atoms with E-state index in [1.165, 1.54) is 0 Å². The normalized spacial score (nSPS) is 23.0. The Morgan fingerprint density at radius 1 is 1.62 bits per heavy atom. The maximum atomic E-state index is 4.05. The van der Waals surface area contributed by atoms with Crippen molar-refractivity contribution < 1.29 is 0 Å². The van der Waals surface area contributed by atoms with Crippen LogP contribution >= 0.6 is 11.8 Å². The van der Waals surface area contributed by atoms with Gasteiger partial charge < -0.3 is 0 Å². The first kappa shape index (κ1) is 4.26. The second-order valence-corrected chi connectivity index (χ2v) is 2.45. The van der Waals surface area contributed by atoms with Gasteiger partial charge in [-0.25, -0.2) is 0 Å². The van der Waals surface area contributed by atoms with Crippen molar-refractivity contribution in [2.75, 3.05) is 5.88 Å². The lowest BCUT2D eigenvalue weighted by Crippen LogP contribution is -1.81. The summed E-state index contributed by atoms with van der Waals surface area (Å²) in [5, 5.41) is 7.44. The second kappa shape index (κ2) is 1.42. The van der Waals surface area contributed by atoms with Crippen LogP contribution in [0.2, 0.25) is 0 Å². The molecule has 0 spiro atoms. The highest BCUT2D eigenvalue weighted by Crippen LogP contribution is 2.28. The quantitative estimate of drug-likeness (QED) is 0.482. The van der Waals surface area contributed by atoms with Crippen molar-refractivity contribution in [1.29, 1.82) is 0 Å². The van der Waals surface area contributed by atoms with Crippen molar-refractivity contribution in [2.24, 2.45) is 15.2 Å². The van der Waals surface area contributed by atoms with Gasteiger partial charge in [-0.1, -0.05) is 11.8 Å². The molecule has 0 amide bonds. The van der Waals surface area contributed by atoms with Gasteiger partial charge in [-0.2, -0.15) is 5.11 Å². The number of amidine groups is 1. The number of hydrogen-bond donors (Lipinski definition) is 0. The Balaban J connectivity index is 2.49. The summed E-state index contributed by atoms with van der Waals surface area (Å²) in [4.78, 5) is 5.16. The molecule has 0 bridgehead atoms. The molecule has 0 fully saturated rings. The van der Waals surface area contributed by atoms with E-state index in [0.717, 1.165) is 16.6 Å². The molecule has 4 heteroatoms. The monoisotopic (exact) mass is 125 g/mol. The summed E-state index contributed by atoms with van der Waals surface area (Å²) in [5.74, 6) is 1.63. The summed E-state index contributed by atoms with van der Waals surface area (Å²) in [6, 6.07) is 0. The molecule has 3 nitrogen and oxygen atoms in total. The standard InChI is InChI=1S/C4H3N3S/c1-3-4(7-6-1)5-2-8-3/h1H,2H2. The summed E-state index contributed by atoms with van der Waals surface area (Å²) in [5.41, 5.74) is 0. The van der Waals surface area contributed by atoms with Crippen LogP contribution in [0.25, 0.3) is 0 Å². The molecule has 2 aliphatic rings. The van der Waals surface area contributed by atoms with Crippen molar-refractivity contribution in [2.45, 2.75) is 0 Å². The van der Waals surface area contributed by atoms with E-state index < -0.39 is 0 Å². The molecular weight excluding hydrogens is 122 g/mol. The number of rotatable bonds is 0. The molecule has 0 saturated heterocycles. The van der Waals surface area contributed by atoms with Crippen LogP contribution in [-0.2, 0) is 0 Å². The van der Waals surface area contributed by atoms with Crippen LogP contribution in [0.1, 0.15) is 0 Å². The smallest absolute Gasteiger partial charge is 0.186 e. The molecule has 8 heavy (non-hydrogen) atoms. The maximum Gasteiger partial charge on any atom is 0.186 e. The van der Waals surface area contributed by atoms with Gasteiger partial charge in [0.25, 0.3) is 0 Å². The number of azo groups is 1. The minimum absolute atomic E-state index is 0.815. The Hall–Kier alpha value is -0.640. The van der Waals surface area contributed by atoms with E-state index >= 15 is 0 Å². The summed E-state index contributed by atoms with van der Waals surface area (Å²) in [6.07, 6.45) is 1.75. The zero-order valence-corrected chi connectivity index (χ0v) is 4.85. The first-order valence-electron chi connectivity index (χ1n) is 2.25. The van der Waals surface area contributed by atoms with Gasteiger partial charge in [-0.05, 0) is 0 Å². The Labute approximate surface area is 50.6 Å². The number of aliphatic imine (C=N–C) groups is 1. The minimum atomic E-state index is 0.815. The van der Waals surface area contributed by atoms with Gasteiger partial charge in [0, 0.05) is 0 Å². The average Bonchev–Trinajstić information content (AvgIpc) is 2.15. The molecule has 0 N–H and O–H groups in total. The number of thioether (sulfide) groups is 1. The van der Waals surface area contributed by atoms with Crippen LogP contribution in [0.5, 0.6) is 0 Å². The SMILES string of the molecule is C1=C2SCN=C2N=N1.